The van der Waals surface area contributed by atoms with E-state index in [0.29, 0.717) is 0 Å². The van der Waals surface area contributed by atoms with Gasteiger partial charge in [0.15, 0.2) is 23.0 Å². The van der Waals surface area contributed by atoms with Gasteiger partial charge in [0.05, 0.1) is 35.0 Å². The predicted molar refractivity (Wildman–Crippen MR) is 93.3 cm³/mol. The number of hydrogen-bond acceptors (Lipinski definition) is 4. The van der Waals surface area contributed by atoms with Crippen LogP contribution in [0.5, 0.6) is 23.0 Å². The lowest BCUT2D eigenvalue weighted by molar-refractivity contribution is -0.670. The highest BCUT2D eigenvalue weighted by Gasteiger charge is 2.07. The van der Waals surface area contributed by atoms with Crippen LogP contribution in [-0.2, 0) is 13.0 Å². The molecule has 0 saturated carbocycles. The van der Waals surface area contributed by atoms with Crippen molar-refractivity contribution in [1.29, 1.82) is 0 Å². The summed E-state index contributed by atoms with van der Waals surface area (Å²) in [5, 5.41) is 2.28. The molecule has 0 heterocycles. The number of methoxy groups -OCH3 is 4. The lowest BCUT2D eigenvalue weighted by Gasteiger charge is -2.10. The summed E-state index contributed by atoms with van der Waals surface area (Å²) in [4.78, 5) is 0. The summed E-state index contributed by atoms with van der Waals surface area (Å²) >= 11 is 0. The molecule has 0 fully saturated rings. The molecule has 0 bridgehead atoms. The fraction of sp³-hybridized carbons (Fsp3) is 0.368. The van der Waals surface area contributed by atoms with Crippen molar-refractivity contribution in [1.82, 2.24) is 0 Å². The average molecular weight is 332 g/mol. The van der Waals surface area contributed by atoms with E-state index in [9.17, 15) is 0 Å². The summed E-state index contributed by atoms with van der Waals surface area (Å²) in [5.74, 6) is 3.06. The molecule has 0 amide bonds. The Morgan fingerprint density at radius 1 is 0.667 bits per heavy atom. The number of hydrogen-bond donors (Lipinski definition) is 1. The lowest BCUT2D eigenvalue weighted by Crippen LogP contribution is -2.83. The van der Waals surface area contributed by atoms with Crippen LogP contribution in [0.2, 0.25) is 0 Å². The molecule has 0 spiro atoms. The minimum Gasteiger partial charge on any atom is -0.493 e. The maximum atomic E-state index is 5.34. The first-order valence-electron chi connectivity index (χ1n) is 7.95. The zero-order valence-electron chi connectivity index (χ0n) is 14.8. The Kier molecular flexibility index (Phi) is 6.75. The van der Waals surface area contributed by atoms with E-state index in [1.165, 1.54) is 11.1 Å². The number of rotatable bonds is 9. The molecule has 130 valence electrons. The Hall–Kier alpha value is -2.40. The molecule has 0 unspecified atom stereocenters. The van der Waals surface area contributed by atoms with E-state index in [4.69, 9.17) is 18.9 Å². The quantitative estimate of drug-likeness (QED) is 0.714. The van der Waals surface area contributed by atoms with Gasteiger partial charge >= 0.3 is 0 Å². The predicted octanol–water partition coefficient (Wildman–Crippen LogP) is 2.03. The third kappa shape index (κ3) is 4.55. The van der Waals surface area contributed by atoms with Crippen molar-refractivity contribution in [3.8, 4) is 23.0 Å². The molecule has 2 aromatic carbocycles. The van der Waals surface area contributed by atoms with Gasteiger partial charge in [0.25, 0.3) is 0 Å². The first-order chi connectivity index (χ1) is 11.7. The van der Waals surface area contributed by atoms with E-state index in [-0.39, 0.29) is 0 Å². The third-order valence-electron chi connectivity index (χ3n) is 3.91. The topological polar surface area (TPSA) is 53.5 Å². The summed E-state index contributed by atoms with van der Waals surface area (Å²) in [6, 6.07) is 12.1. The first-order valence-corrected chi connectivity index (χ1v) is 7.95. The molecule has 2 rings (SSSR count). The molecule has 2 aromatic rings. The van der Waals surface area contributed by atoms with Gasteiger partial charge in [-0.25, -0.2) is 0 Å². The van der Waals surface area contributed by atoms with Gasteiger partial charge in [0.2, 0.25) is 0 Å². The van der Waals surface area contributed by atoms with Crippen LogP contribution < -0.4 is 24.3 Å². The highest BCUT2D eigenvalue weighted by atomic mass is 16.5. The standard InChI is InChI=1S/C19H25NO4/c1-21-16-7-5-14(11-18(16)23-3)9-10-20-13-15-6-8-17(22-2)19(12-15)24-4/h5-8,11-12,20H,9-10,13H2,1-4H3/p+1. The van der Waals surface area contributed by atoms with Gasteiger partial charge in [0.1, 0.15) is 6.54 Å². The minimum absolute atomic E-state index is 0.756. The summed E-state index contributed by atoms with van der Waals surface area (Å²) in [5.41, 5.74) is 2.44. The van der Waals surface area contributed by atoms with Gasteiger partial charge in [-0.15, -0.1) is 0 Å². The molecule has 24 heavy (non-hydrogen) atoms. The third-order valence-corrected chi connectivity index (χ3v) is 3.91. The second-order valence-electron chi connectivity index (χ2n) is 5.41. The highest BCUT2D eigenvalue weighted by Crippen LogP contribution is 2.28. The Morgan fingerprint density at radius 3 is 1.71 bits per heavy atom. The maximum absolute atomic E-state index is 5.34. The second kappa shape index (κ2) is 9.03. The van der Waals surface area contributed by atoms with Gasteiger partial charge in [0, 0.05) is 12.0 Å². The van der Waals surface area contributed by atoms with Crippen LogP contribution in [0.25, 0.3) is 0 Å². The van der Waals surface area contributed by atoms with Crippen molar-refractivity contribution in [2.24, 2.45) is 0 Å². The fourth-order valence-electron chi connectivity index (χ4n) is 2.58. The highest BCUT2D eigenvalue weighted by molar-refractivity contribution is 5.43. The maximum Gasteiger partial charge on any atom is 0.161 e. The average Bonchev–Trinajstić information content (AvgIpc) is 2.64. The largest absolute Gasteiger partial charge is 0.493 e. The smallest absolute Gasteiger partial charge is 0.161 e. The molecule has 5 nitrogen and oxygen atoms in total. The van der Waals surface area contributed by atoms with Gasteiger partial charge < -0.3 is 24.3 Å². The molecule has 0 aliphatic heterocycles. The zero-order chi connectivity index (χ0) is 17.4. The van der Waals surface area contributed by atoms with Crippen LogP contribution in [0.15, 0.2) is 36.4 Å². The van der Waals surface area contributed by atoms with E-state index in [1.807, 2.05) is 24.3 Å². The van der Waals surface area contributed by atoms with Crippen molar-refractivity contribution in [2.45, 2.75) is 13.0 Å². The molecule has 0 aliphatic carbocycles. The Balaban J connectivity index is 1.87. The van der Waals surface area contributed by atoms with Crippen molar-refractivity contribution in [3.63, 3.8) is 0 Å². The van der Waals surface area contributed by atoms with Crippen molar-refractivity contribution in [2.75, 3.05) is 35.0 Å². The van der Waals surface area contributed by atoms with Gasteiger partial charge in [-0.3, -0.25) is 0 Å². The Bertz CT molecular complexity index is 600. The molecule has 0 saturated heterocycles. The van der Waals surface area contributed by atoms with Gasteiger partial charge in [-0.1, -0.05) is 6.07 Å². The van der Waals surface area contributed by atoms with Crippen LogP contribution in [0.3, 0.4) is 0 Å². The molecule has 0 aliphatic rings. The Morgan fingerprint density at radius 2 is 1.17 bits per heavy atom. The number of nitrogens with two attached hydrogens (primary N) is 1. The normalized spacial score (nSPS) is 10.3. The monoisotopic (exact) mass is 332 g/mol. The number of ether oxygens (including phenoxy) is 4. The van der Waals surface area contributed by atoms with Gasteiger partial charge in [-0.2, -0.15) is 0 Å². The molecule has 0 aromatic heterocycles. The summed E-state index contributed by atoms with van der Waals surface area (Å²) in [6.45, 7) is 1.89. The molecular formula is C19H26NO4+. The molecule has 5 heteroatoms. The SMILES string of the molecule is COc1ccc(CC[NH2+]Cc2ccc(OC)c(OC)c2)cc1OC. The number of quaternary nitrogens is 1. The van der Waals surface area contributed by atoms with Crippen LogP contribution >= 0.6 is 0 Å². The van der Waals surface area contributed by atoms with Crippen molar-refractivity contribution in [3.05, 3.63) is 47.5 Å². The minimum atomic E-state index is 0.756. The summed E-state index contributed by atoms with van der Waals surface area (Å²) in [7, 11) is 6.61. The van der Waals surface area contributed by atoms with Crippen LogP contribution in [0, 0.1) is 0 Å². The van der Waals surface area contributed by atoms with Crippen LogP contribution in [-0.4, -0.2) is 35.0 Å². The lowest BCUT2D eigenvalue weighted by atomic mass is 10.1. The van der Waals surface area contributed by atoms with Crippen LogP contribution in [0.4, 0.5) is 0 Å². The van der Waals surface area contributed by atoms with E-state index >= 15 is 0 Å². The van der Waals surface area contributed by atoms with E-state index in [0.717, 1.165) is 42.5 Å². The van der Waals surface area contributed by atoms with Crippen molar-refractivity contribution >= 4 is 0 Å². The molecule has 0 radical (unpaired) electrons. The number of benzene rings is 2. The first kappa shape index (κ1) is 17.9. The van der Waals surface area contributed by atoms with Gasteiger partial charge in [-0.05, 0) is 35.9 Å². The van der Waals surface area contributed by atoms with E-state index < -0.39 is 0 Å². The fourth-order valence-corrected chi connectivity index (χ4v) is 2.58. The molecule has 0 atom stereocenters. The summed E-state index contributed by atoms with van der Waals surface area (Å²) in [6.07, 6.45) is 0.966. The summed E-state index contributed by atoms with van der Waals surface area (Å²) < 4.78 is 21.2. The molecule has 2 N–H and O–H groups in total. The second-order valence-corrected chi connectivity index (χ2v) is 5.41. The van der Waals surface area contributed by atoms with Crippen LogP contribution in [0.1, 0.15) is 11.1 Å². The van der Waals surface area contributed by atoms with Crippen molar-refractivity contribution < 1.29 is 24.3 Å². The van der Waals surface area contributed by atoms with E-state index in [1.54, 1.807) is 28.4 Å². The molecular weight excluding hydrogens is 306 g/mol. The van der Waals surface area contributed by atoms with E-state index in [2.05, 4.69) is 17.4 Å². The zero-order valence-corrected chi connectivity index (χ0v) is 14.8. The Labute approximate surface area is 143 Å².